The Labute approximate surface area is 50.1 Å². The van der Waals surface area contributed by atoms with Crippen LogP contribution in [-0.2, 0) is 13.1 Å². The first-order chi connectivity index (χ1) is 3.00. The fourth-order valence-electron chi connectivity index (χ4n) is 0. The van der Waals surface area contributed by atoms with Crippen LogP contribution in [0, 0.1) is 0 Å². The Bertz CT molecular complexity index is 107. The summed E-state index contributed by atoms with van der Waals surface area (Å²) in [4.78, 5) is 8.00. The molecular weight excluding hydrogens is 163 g/mol. The van der Waals surface area contributed by atoms with Crippen molar-refractivity contribution < 1.29 is 13.2 Å². The van der Waals surface area contributed by atoms with Crippen LogP contribution in [0.15, 0.2) is 0 Å². The van der Waals surface area contributed by atoms with Crippen LogP contribution in [0.5, 0.6) is 0 Å². The maximum absolute atomic E-state index is 9.16. The molecule has 0 rings (SSSR count). The highest BCUT2D eigenvalue weighted by Gasteiger charge is 1.88. The lowest BCUT2D eigenvalue weighted by atomic mass is 11.9. The molecule has 0 amide bonds. The zero-order valence-corrected chi connectivity index (χ0v) is 5.42. The minimum atomic E-state index is -3.72. The zero-order chi connectivity index (χ0) is 6.50. The van der Waals surface area contributed by atoms with E-state index in [2.05, 4.69) is 21.4 Å². The lowest BCUT2D eigenvalue weighted by molar-refractivity contribution is -0.0979. The number of rotatable bonds is 0. The molecule has 0 spiro atoms. The molecule has 0 aromatic carbocycles. The summed E-state index contributed by atoms with van der Waals surface area (Å²) in [5.41, 5.74) is 0. The van der Waals surface area contributed by atoms with Gasteiger partial charge in [-0.1, -0.05) is 0 Å². The number of carbonyl (C=O) groups is 1. The molecule has 0 heterocycles. The normalized spacial score (nSPS) is 8.86. The largest absolute Gasteiger partial charge is 0.317 e. The van der Waals surface area contributed by atoms with Crippen molar-refractivity contribution in [2.75, 3.05) is 0 Å². The Morgan fingerprint density at radius 1 is 1.14 bits per heavy atom. The van der Waals surface area contributed by atoms with Crippen molar-refractivity contribution in [2.45, 2.75) is 0 Å². The van der Waals surface area contributed by atoms with Crippen LogP contribution in [0.2, 0.25) is 0 Å². The highest BCUT2D eigenvalue weighted by Crippen LogP contribution is 1.98. The Morgan fingerprint density at radius 3 is 1.14 bits per heavy atom. The second-order valence-corrected chi connectivity index (χ2v) is 4.05. The molecule has 44 valence electrons. The van der Waals surface area contributed by atoms with E-state index in [-0.39, 0.29) is 0 Å². The first kappa shape index (κ1) is 10.2. The van der Waals surface area contributed by atoms with E-state index < -0.39 is 8.26 Å². The number of halogens is 2. The summed E-state index contributed by atoms with van der Waals surface area (Å²) in [6.45, 7) is 2.00. The van der Waals surface area contributed by atoms with Crippen molar-refractivity contribution in [1.29, 1.82) is 0 Å². The minimum absolute atomic E-state index is 2.00. The highest BCUT2D eigenvalue weighted by atomic mass is 36.0. The van der Waals surface area contributed by atoms with Crippen molar-refractivity contribution in [3.8, 4) is 0 Å². The SMILES string of the molecule is C=O.O=S(=O)(Cl)Cl. The van der Waals surface area contributed by atoms with Crippen molar-refractivity contribution in [1.82, 2.24) is 0 Å². The molecule has 6 heteroatoms. The molecule has 7 heavy (non-hydrogen) atoms. The molecule has 0 saturated carbocycles. The number of hydrogen-bond donors (Lipinski definition) is 0. The second-order valence-electron chi connectivity index (χ2n) is 0.378. The molecule has 0 aromatic heterocycles. The highest BCUT2D eigenvalue weighted by molar-refractivity contribution is 8.31. The van der Waals surface area contributed by atoms with E-state index in [1.54, 1.807) is 0 Å². The predicted molar refractivity (Wildman–Crippen MR) is 27.7 cm³/mol. The summed E-state index contributed by atoms with van der Waals surface area (Å²) in [6, 6.07) is 0. The van der Waals surface area contributed by atoms with Gasteiger partial charge in [0.1, 0.15) is 6.79 Å². The molecule has 0 N–H and O–H groups in total. The van der Waals surface area contributed by atoms with Crippen LogP contribution in [0.25, 0.3) is 0 Å². The number of carbonyl (C=O) groups excluding carboxylic acids is 1. The van der Waals surface area contributed by atoms with Crippen molar-refractivity contribution in [3.63, 3.8) is 0 Å². The molecule has 0 radical (unpaired) electrons. The van der Waals surface area contributed by atoms with Crippen LogP contribution < -0.4 is 0 Å². The Hall–Kier alpha value is 0.200. The van der Waals surface area contributed by atoms with Gasteiger partial charge in [0.2, 0.25) is 0 Å². The quantitative estimate of drug-likeness (QED) is 0.491. The first-order valence-corrected chi connectivity index (χ1v) is 4.07. The van der Waals surface area contributed by atoms with E-state index in [4.69, 9.17) is 13.2 Å². The van der Waals surface area contributed by atoms with Crippen molar-refractivity contribution in [3.05, 3.63) is 0 Å². The molecule has 0 aliphatic carbocycles. The van der Waals surface area contributed by atoms with Gasteiger partial charge in [-0.3, -0.25) is 0 Å². The van der Waals surface area contributed by atoms with Crippen LogP contribution in [0.1, 0.15) is 0 Å². The topological polar surface area (TPSA) is 51.2 Å². The fraction of sp³-hybridized carbons (Fsp3) is 0. The van der Waals surface area contributed by atoms with Crippen molar-refractivity contribution >= 4 is 36.4 Å². The summed E-state index contributed by atoms with van der Waals surface area (Å²) in [5.74, 6) is 0. The van der Waals surface area contributed by atoms with E-state index in [0.29, 0.717) is 0 Å². The van der Waals surface area contributed by atoms with E-state index >= 15 is 0 Å². The van der Waals surface area contributed by atoms with Gasteiger partial charge < -0.3 is 4.79 Å². The smallest absolute Gasteiger partial charge is 0.307 e. The average molecular weight is 165 g/mol. The molecule has 3 nitrogen and oxygen atoms in total. The third-order valence-corrected chi connectivity index (χ3v) is 0. The summed E-state index contributed by atoms with van der Waals surface area (Å²) < 4.78 is 18.3. The van der Waals surface area contributed by atoms with Gasteiger partial charge in [-0.15, -0.1) is 0 Å². The van der Waals surface area contributed by atoms with Crippen LogP contribution in [0.3, 0.4) is 0 Å². The van der Waals surface area contributed by atoms with Crippen molar-refractivity contribution in [2.24, 2.45) is 0 Å². The lowest BCUT2D eigenvalue weighted by Gasteiger charge is -1.61. The molecule has 0 aliphatic heterocycles. The molecular formula is CH2Cl2O3S. The third-order valence-electron chi connectivity index (χ3n) is 0. The first-order valence-electron chi connectivity index (χ1n) is 0.931. The summed E-state index contributed by atoms with van der Waals surface area (Å²) >= 11 is 0. The summed E-state index contributed by atoms with van der Waals surface area (Å²) in [6.07, 6.45) is 0. The van der Waals surface area contributed by atoms with Crippen LogP contribution in [-0.4, -0.2) is 15.2 Å². The molecule has 0 unspecified atom stereocenters. The van der Waals surface area contributed by atoms with E-state index in [0.717, 1.165) is 0 Å². The van der Waals surface area contributed by atoms with Crippen LogP contribution in [0.4, 0.5) is 0 Å². The Balaban J connectivity index is 0. The van der Waals surface area contributed by atoms with Gasteiger partial charge in [0, 0.05) is 21.4 Å². The fourth-order valence-corrected chi connectivity index (χ4v) is 0. The van der Waals surface area contributed by atoms with Crippen LogP contribution >= 0.6 is 21.4 Å². The van der Waals surface area contributed by atoms with Gasteiger partial charge >= 0.3 is 8.26 Å². The summed E-state index contributed by atoms with van der Waals surface area (Å²) in [5, 5.41) is 0. The maximum atomic E-state index is 9.16. The molecule has 0 fully saturated rings. The molecule has 0 aliphatic rings. The van der Waals surface area contributed by atoms with E-state index in [9.17, 15) is 0 Å². The van der Waals surface area contributed by atoms with Gasteiger partial charge in [-0.2, -0.15) is 8.42 Å². The van der Waals surface area contributed by atoms with Gasteiger partial charge in [0.15, 0.2) is 0 Å². The van der Waals surface area contributed by atoms with Gasteiger partial charge in [0.05, 0.1) is 0 Å². The molecule has 0 saturated heterocycles. The predicted octanol–water partition coefficient (Wildman–Crippen LogP) is 0.524. The monoisotopic (exact) mass is 164 g/mol. The van der Waals surface area contributed by atoms with Gasteiger partial charge in [-0.05, 0) is 0 Å². The van der Waals surface area contributed by atoms with Gasteiger partial charge in [0.25, 0.3) is 0 Å². The molecule has 0 bridgehead atoms. The van der Waals surface area contributed by atoms with E-state index in [1.165, 1.54) is 0 Å². The van der Waals surface area contributed by atoms with Gasteiger partial charge in [-0.25, -0.2) is 0 Å². The Morgan fingerprint density at radius 2 is 1.14 bits per heavy atom. The van der Waals surface area contributed by atoms with E-state index in [1.807, 2.05) is 6.79 Å². The zero-order valence-electron chi connectivity index (χ0n) is 3.10. The molecule has 0 aromatic rings. The maximum Gasteiger partial charge on any atom is 0.317 e. The summed E-state index contributed by atoms with van der Waals surface area (Å²) in [7, 11) is 4.81. The number of hydrogen-bond acceptors (Lipinski definition) is 3. The molecule has 0 atom stereocenters. The lowest BCUT2D eigenvalue weighted by Crippen LogP contribution is -1.63. The average Bonchev–Trinajstić information content (AvgIpc) is 1.36. The second kappa shape index (κ2) is 4.36. The standard InChI is InChI=1S/CH2O.Cl2O2S/c1-2;1-5(2,3)4/h1H2;. The third kappa shape index (κ3) is 2730. The Kier molecular flexibility index (Phi) is 6.38. The minimum Gasteiger partial charge on any atom is -0.307 e.